The van der Waals surface area contributed by atoms with Crippen LogP contribution in [0.4, 0.5) is 24.0 Å². The molecule has 2 N–H and O–H groups in total. The molecule has 114 valence electrons. The van der Waals surface area contributed by atoms with Gasteiger partial charge in [0.1, 0.15) is 9.90 Å². The Morgan fingerprint density at radius 1 is 1.45 bits per heavy atom. The van der Waals surface area contributed by atoms with E-state index in [4.69, 9.17) is 5.73 Å². The smallest absolute Gasteiger partial charge is 0.382 e. The Balaban J connectivity index is 2.33. The van der Waals surface area contributed by atoms with Gasteiger partial charge in [0.15, 0.2) is 15.7 Å². The standard InChI is InChI=1S/C10H14F3N3O2S2/c1-20(17,18)7-8(14)15-19-9(7)16-4-2-3-6(5-16)10(11,12)13/h6H,2-5H2,1H3,(H2,14,15). The third-order valence-corrected chi connectivity index (χ3v) is 5.40. The van der Waals surface area contributed by atoms with E-state index in [-0.39, 0.29) is 28.7 Å². The molecule has 0 saturated carbocycles. The van der Waals surface area contributed by atoms with Gasteiger partial charge < -0.3 is 10.6 Å². The van der Waals surface area contributed by atoms with Crippen LogP contribution in [0.3, 0.4) is 0 Å². The Bertz CT molecular complexity index is 597. The van der Waals surface area contributed by atoms with Crippen LogP contribution in [0.2, 0.25) is 0 Å². The molecule has 0 amide bonds. The molecule has 5 nitrogen and oxygen atoms in total. The molecule has 2 rings (SSSR count). The number of alkyl halides is 3. The molecule has 1 saturated heterocycles. The zero-order chi connectivity index (χ0) is 15.1. The normalized spacial score (nSPS) is 21.2. The first kappa shape index (κ1) is 15.4. The highest BCUT2D eigenvalue weighted by Crippen LogP contribution is 2.40. The molecular weight excluding hydrogens is 315 g/mol. The Kier molecular flexibility index (Phi) is 3.89. The summed E-state index contributed by atoms with van der Waals surface area (Å²) in [5.74, 6) is -1.60. The molecule has 10 heteroatoms. The number of piperidine rings is 1. The summed E-state index contributed by atoms with van der Waals surface area (Å²) in [6.45, 7) is 0.115. The number of anilines is 2. The van der Waals surface area contributed by atoms with Gasteiger partial charge >= 0.3 is 6.18 Å². The number of hydrogen-bond acceptors (Lipinski definition) is 6. The number of hydrogen-bond donors (Lipinski definition) is 1. The highest BCUT2D eigenvalue weighted by molar-refractivity contribution is 7.91. The number of rotatable bonds is 2. The maximum atomic E-state index is 12.8. The van der Waals surface area contributed by atoms with Crippen LogP contribution in [0, 0.1) is 5.92 Å². The number of nitrogens with two attached hydrogens (primary N) is 1. The molecule has 1 aliphatic rings. The molecule has 0 spiro atoms. The van der Waals surface area contributed by atoms with Crippen LogP contribution in [0.5, 0.6) is 0 Å². The van der Waals surface area contributed by atoms with Gasteiger partial charge in [0.25, 0.3) is 0 Å². The van der Waals surface area contributed by atoms with Crippen molar-refractivity contribution in [3.63, 3.8) is 0 Å². The fraction of sp³-hybridized carbons (Fsp3) is 0.700. The average molecular weight is 329 g/mol. The van der Waals surface area contributed by atoms with E-state index in [1.807, 2.05) is 0 Å². The Labute approximate surface area is 118 Å². The minimum absolute atomic E-state index is 0.0580. The lowest BCUT2D eigenvalue weighted by Gasteiger charge is -2.34. The molecule has 1 unspecified atom stereocenters. The van der Waals surface area contributed by atoms with Crippen molar-refractivity contribution in [2.75, 3.05) is 30.0 Å². The summed E-state index contributed by atoms with van der Waals surface area (Å²) < 4.78 is 65.5. The molecule has 0 aliphatic carbocycles. The van der Waals surface area contributed by atoms with Gasteiger partial charge in [0.2, 0.25) is 0 Å². The van der Waals surface area contributed by atoms with Gasteiger partial charge in [-0.1, -0.05) is 0 Å². The lowest BCUT2D eigenvalue weighted by atomic mass is 9.98. The van der Waals surface area contributed by atoms with Crippen molar-refractivity contribution < 1.29 is 21.6 Å². The molecule has 1 aromatic rings. The van der Waals surface area contributed by atoms with Gasteiger partial charge in [-0.05, 0) is 24.4 Å². The second kappa shape index (κ2) is 5.06. The third kappa shape index (κ3) is 3.00. The van der Waals surface area contributed by atoms with E-state index >= 15 is 0 Å². The molecular formula is C10H14F3N3O2S2. The molecule has 1 atom stereocenters. The van der Waals surface area contributed by atoms with Gasteiger partial charge in [-0.3, -0.25) is 0 Å². The van der Waals surface area contributed by atoms with Crippen molar-refractivity contribution in [2.24, 2.45) is 5.92 Å². The van der Waals surface area contributed by atoms with E-state index in [0.29, 0.717) is 13.0 Å². The Hall–Kier alpha value is -1.03. The Morgan fingerprint density at radius 2 is 2.10 bits per heavy atom. The van der Waals surface area contributed by atoms with E-state index < -0.39 is 21.9 Å². The van der Waals surface area contributed by atoms with Crippen LogP contribution in [0.1, 0.15) is 12.8 Å². The predicted molar refractivity (Wildman–Crippen MR) is 70.6 cm³/mol. The molecule has 20 heavy (non-hydrogen) atoms. The maximum absolute atomic E-state index is 12.8. The van der Waals surface area contributed by atoms with Gasteiger partial charge in [0.05, 0.1) is 5.92 Å². The number of nitrogen functional groups attached to an aromatic ring is 1. The molecule has 0 radical (unpaired) electrons. The third-order valence-electron chi connectivity index (χ3n) is 3.20. The second-order valence-corrected chi connectivity index (χ2v) is 7.51. The lowest BCUT2D eigenvalue weighted by Crippen LogP contribution is -2.41. The van der Waals surface area contributed by atoms with E-state index in [9.17, 15) is 21.6 Å². The zero-order valence-corrected chi connectivity index (χ0v) is 12.3. The second-order valence-electron chi connectivity index (χ2n) is 4.80. The van der Waals surface area contributed by atoms with Crippen LogP contribution in [0.15, 0.2) is 4.90 Å². The van der Waals surface area contributed by atoms with Gasteiger partial charge in [-0.25, -0.2) is 8.42 Å². The van der Waals surface area contributed by atoms with Gasteiger partial charge in [-0.15, -0.1) is 0 Å². The molecule has 1 aliphatic heterocycles. The SMILES string of the molecule is CS(=O)(=O)c1c(N)nsc1N1CCCC(C(F)(F)F)C1. The largest absolute Gasteiger partial charge is 0.393 e. The highest BCUT2D eigenvalue weighted by atomic mass is 32.2. The minimum atomic E-state index is -4.28. The molecule has 0 aromatic carbocycles. The number of sulfone groups is 1. The predicted octanol–water partition coefficient (Wildman–Crippen LogP) is 1.91. The van der Waals surface area contributed by atoms with Gasteiger partial charge in [0, 0.05) is 19.3 Å². The molecule has 2 heterocycles. The molecule has 1 aromatic heterocycles. The van der Waals surface area contributed by atoms with Crippen molar-refractivity contribution in [3.8, 4) is 0 Å². The summed E-state index contributed by atoms with van der Waals surface area (Å²) in [4.78, 5) is 1.26. The van der Waals surface area contributed by atoms with E-state index in [0.717, 1.165) is 17.8 Å². The van der Waals surface area contributed by atoms with Crippen LogP contribution in [0.25, 0.3) is 0 Å². The number of halogens is 3. The lowest BCUT2D eigenvalue weighted by molar-refractivity contribution is -0.175. The summed E-state index contributed by atoms with van der Waals surface area (Å²) in [6, 6.07) is 0. The molecule has 0 bridgehead atoms. The van der Waals surface area contributed by atoms with Crippen molar-refractivity contribution in [1.29, 1.82) is 0 Å². The van der Waals surface area contributed by atoms with Crippen molar-refractivity contribution in [1.82, 2.24) is 4.37 Å². The summed E-state index contributed by atoms with van der Waals surface area (Å²) in [5, 5.41) is 0.207. The highest BCUT2D eigenvalue weighted by Gasteiger charge is 2.42. The topological polar surface area (TPSA) is 76.3 Å². The fourth-order valence-electron chi connectivity index (χ4n) is 2.26. The quantitative estimate of drug-likeness (QED) is 0.897. The first-order chi connectivity index (χ1) is 9.10. The van der Waals surface area contributed by atoms with E-state index in [1.165, 1.54) is 4.90 Å². The zero-order valence-electron chi connectivity index (χ0n) is 10.6. The fourth-order valence-corrected chi connectivity index (χ4v) is 4.50. The van der Waals surface area contributed by atoms with Crippen LogP contribution in [-0.4, -0.2) is 38.3 Å². The summed E-state index contributed by atoms with van der Waals surface area (Å²) in [7, 11) is -3.62. The summed E-state index contributed by atoms with van der Waals surface area (Å²) in [5.41, 5.74) is 5.53. The number of nitrogens with zero attached hydrogens (tertiary/aromatic N) is 2. The summed E-state index contributed by atoms with van der Waals surface area (Å²) >= 11 is 0.827. The van der Waals surface area contributed by atoms with Crippen molar-refractivity contribution in [3.05, 3.63) is 0 Å². The van der Waals surface area contributed by atoms with Crippen LogP contribution >= 0.6 is 11.5 Å². The first-order valence-corrected chi connectivity index (χ1v) is 8.54. The van der Waals surface area contributed by atoms with Crippen molar-refractivity contribution >= 4 is 32.2 Å². The van der Waals surface area contributed by atoms with Gasteiger partial charge in [-0.2, -0.15) is 17.5 Å². The minimum Gasteiger partial charge on any atom is -0.382 e. The Morgan fingerprint density at radius 3 is 2.65 bits per heavy atom. The first-order valence-electron chi connectivity index (χ1n) is 5.87. The van der Waals surface area contributed by atoms with Crippen LogP contribution < -0.4 is 10.6 Å². The van der Waals surface area contributed by atoms with Crippen molar-refractivity contribution in [2.45, 2.75) is 23.9 Å². The maximum Gasteiger partial charge on any atom is 0.393 e. The molecule has 1 fully saturated rings. The van der Waals surface area contributed by atoms with Crippen LogP contribution in [-0.2, 0) is 9.84 Å². The van der Waals surface area contributed by atoms with E-state index in [2.05, 4.69) is 4.37 Å². The average Bonchev–Trinajstić information content (AvgIpc) is 2.70. The summed E-state index contributed by atoms with van der Waals surface area (Å²) in [6.07, 6.45) is -2.89. The van der Waals surface area contributed by atoms with E-state index in [1.54, 1.807) is 0 Å². The monoisotopic (exact) mass is 329 g/mol. The number of aromatic nitrogens is 1.